The highest BCUT2D eigenvalue weighted by atomic mass is 32.2. The Morgan fingerprint density at radius 3 is 1.59 bits per heavy atom. The van der Waals surface area contributed by atoms with Gasteiger partial charge in [-0.3, -0.25) is 9.11 Å². The average Bonchev–Trinajstić information content (AvgIpc) is 3.20. The third kappa shape index (κ3) is 9.50. The van der Waals surface area contributed by atoms with E-state index in [1.165, 1.54) is 32.4 Å². The molecule has 0 fully saturated rings. The molecular weight excluding hydrogens is 803 g/mol. The van der Waals surface area contributed by atoms with Gasteiger partial charge in [-0.25, -0.2) is 0 Å². The number of rotatable bonds is 13. The number of phenolic OH excluding ortho intramolecular Hbond substituents is 1. The normalized spacial score (nSPS) is 12.2. The van der Waals surface area contributed by atoms with Gasteiger partial charge in [0.2, 0.25) is 0 Å². The maximum atomic E-state index is 12.5. The first-order valence-electron chi connectivity index (χ1n) is 17.4. The Bertz CT molecular complexity index is 2920. The molecule has 0 heterocycles. The maximum absolute atomic E-state index is 12.5. The first kappa shape index (κ1) is 41.8. The SMILES string of the molecule is COc1ccc(Nc2ccc3c(O)c(N=Nc4cc(C)c(N=Nc5cc(C)c(N=Nc6ccc(OC)cc6S(=O)(=O)O)cc5OC)cc4C)c(S(=O)(=O)O)cc3c2)cc1. The quantitative estimate of drug-likeness (QED) is 0.0629. The molecule has 0 unspecified atom stereocenters. The van der Waals surface area contributed by atoms with E-state index in [1.54, 1.807) is 94.6 Å². The van der Waals surface area contributed by atoms with Crippen molar-refractivity contribution in [1.82, 2.24) is 0 Å². The summed E-state index contributed by atoms with van der Waals surface area (Å²) in [5.74, 6) is 0.680. The van der Waals surface area contributed by atoms with Crippen LogP contribution in [0.2, 0.25) is 0 Å². The molecule has 0 radical (unpaired) electrons. The van der Waals surface area contributed by atoms with Gasteiger partial charge < -0.3 is 24.6 Å². The average molecular weight is 840 g/mol. The predicted molar refractivity (Wildman–Crippen MR) is 221 cm³/mol. The molecule has 304 valence electrons. The number of methoxy groups -OCH3 is 3. The van der Waals surface area contributed by atoms with Gasteiger partial charge in [-0.05, 0) is 122 Å². The Kier molecular flexibility index (Phi) is 12.0. The van der Waals surface area contributed by atoms with E-state index in [-0.39, 0.29) is 22.6 Å². The van der Waals surface area contributed by atoms with Gasteiger partial charge in [-0.1, -0.05) is 0 Å². The fourth-order valence-electron chi connectivity index (χ4n) is 5.81. The molecule has 0 aliphatic rings. The molecule has 6 aromatic rings. The van der Waals surface area contributed by atoms with Crippen LogP contribution in [0.4, 0.5) is 45.5 Å². The third-order valence-electron chi connectivity index (χ3n) is 8.95. The highest BCUT2D eigenvalue weighted by Gasteiger charge is 2.23. The van der Waals surface area contributed by atoms with Crippen molar-refractivity contribution in [2.75, 3.05) is 26.6 Å². The molecule has 59 heavy (non-hydrogen) atoms. The molecule has 4 N–H and O–H groups in total. The van der Waals surface area contributed by atoms with Crippen molar-refractivity contribution in [3.8, 4) is 23.0 Å². The Morgan fingerprint density at radius 1 is 0.508 bits per heavy atom. The van der Waals surface area contributed by atoms with Crippen LogP contribution in [0, 0.1) is 20.8 Å². The minimum atomic E-state index is -4.86. The summed E-state index contributed by atoms with van der Waals surface area (Å²) in [5, 5.41) is 40.4. The molecule has 17 nitrogen and oxygen atoms in total. The first-order chi connectivity index (χ1) is 28.0. The van der Waals surface area contributed by atoms with Crippen LogP contribution < -0.4 is 19.5 Å². The van der Waals surface area contributed by atoms with Gasteiger partial charge in [0, 0.05) is 28.9 Å². The van der Waals surface area contributed by atoms with E-state index in [9.17, 15) is 31.0 Å². The molecule has 0 aliphatic heterocycles. The topological polar surface area (TPSA) is 243 Å². The molecule has 0 saturated carbocycles. The van der Waals surface area contributed by atoms with Crippen molar-refractivity contribution in [3.63, 3.8) is 0 Å². The molecule has 19 heteroatoms. The van der Waals surface area contributed by atoms with Gasteiger partial charge in [0.15, 0.2) is 5.75 Å². The molecule has 6 rings (SSSR count). The van der Waals surface area contributed by atoms with E-state index >= 15 is 0 Å². The number of benzene rings is 6. The number of fused-ring (bicyclic) bond motifs is 1. The van der Waals surface area contributed by atoms with Crippen molar-refractivity contribution >= 4 is 76.5 Å². The summed E-state index contributed by atoms with van der Waals surface area (Å²) < 4.78 is 84.6. The van der Waals surface area contributed by atoms with Crippen molar-refractivity contribution in [2.24, 2.45) is 30.7 Å². The zero-order chi connectivity index (χ0) is 42.6. The van der Waals surface area contributed by atoms with E-state index in [1.807, 2.05) is 0 Å². The first-order valence-corrected chi connectivity index (χ1v) is 20.3. The molecule has 0 saturated heterocycles. The molecule has 0 aromatic heterocycles. The van der Waals surface area contributed by atoms with Crippen LogP contribution in [0.5, 0.6) is 23.0 Å². The smallest absolute Gasteiger partial charge is 0.296 e. The highest BCUT2D eigenvalue weighted by molar-refractivity contribution is 7.86. The molecule has 0 spiro atoms. The van der Waals surface area contributed by atoms with Crippen molar-refractivity contribution < 1.29 is 45.3 Å². The number of aromatic hydroxyl groups is 1. The van der Waals surface area contributed by atoms with Gasteiger partial charge >= 0.3 is 0 Å². The molecule has 0 bridgehead atoms. The molecule has 6 aromatic carbocycles. The Labute approximate surface area is 339 Å². The second-order valence-corrected chi connectivity index (χ2v) is 15.8. The van der Waals surface area contributed by atoms with E-state index in [0.29, 0.717) is 56.3 Å². The summed E-state index contributed by atoms with van der Waals surface area (Å²) in [7, 11) is -5.14. The number of nitrogens with zero attached hydrogens (tertiary/aromatic N) is 6. The largest absolute Gasteiger partial charge is 0.505 e. The maximum Gasteiger partial charge on any atom is 0.296 e. The zero-order valence-corrected chi connectivity index (χ0v) is 34.0. The summed E-state index contributed by atoms with van der Waals surface area (Å²) in [6, 6.07) is 23.8. The zero-order valence-electron chi connectivity index (χ0n) is 32.4. The second-order valence-electron chi connectivity index (χ2n) is 13.0. The van der Waals surface area contributed by atoms with Crippen LogP contribution in [0.3, 0.4) is 0 Å². The summed E-state index contributed by atoms with van der Waals surface area (Å²) >= 11 is 0. The van der Waals surface area contributed by atoms with E-state index in [2.05, 4.69) is 36.0 Å². The van der Waals surface area contributed by atoms with Crippen LogP contribution in [0.15, 0.2) is 131 Å². The number of hydrogen-bond acceptors (Lipinski definition) is 15. The number of anilines is 2. The van der Waals surface area contributed by atoms with E-state index in [0.717, 1.165) is 11.8 Å². The number of aryl methyl sites for hydroxylation is 3. The van der Waals surface area contributed by atoms with Crippen molar-refractivity contribution in [3.05, 3.63) is 108 Å². The Balaban J connectivity index is 1.26. The molecular formula is C40H37N7O10S2. The lowest BCUT2D eigenvalue weighted by Crippen LogP contribution is -1.99. The van der Waals surface area contributed by atoms with Crippen molar-refractivity contribution in [1.29, 1.82) is 0 Å². The number of nitrogens with one attached hydrogen (secondary N) is 1. The van der Waals surface area contributed by atoms with Gasteiger partial charge in [-0.15, -0.1) is 15.3 Å². The minimum absolute atomic E-state index is 0.106. The van der Waals surface area contributed by atoms with Gasteiger partial charge in [0.05, 0.1) is 38.4 Å². The standard InChI is InChI=1S/C40H37N7O10S2/c1-22-16-33(45-47-39-38(59(52,53)54)19-25-18-27(9-13-30(25)40(39)48)41-26-7-10-28(55-4)11-8-26)23(2)15-32(22)43-46-35-17-24(3)34(21-36(35)57-6)44-42-31-14-12-29(56-5)20-37(31)58(49,50)51/h7-21,41,48H,1-6H3,(H,49,50,51)(H,52,53,54). The lowest BCUT2D eigenvalue weighted by Gasteiger charge is -2.12. The van der Waals surface area contributed by atoms with Crippen molar-refractivity contribution in [2.45, 2.75) is 30.6 Å². The fraction of sp³-hybridized carbons (Fsp3) is 0.150. The van der Waals surface area contributed by atoms with Crippen LogP contribution in [-0.2, 0) is 20.2 Å². The van der Waals surface area contributed by atoms with Crippen LogP contribution in [-0.4, -0.2) is 52.4 Å². The van der Waals surface area contributed by atoms with Gasteiger partial charge in [0.25, 0.3) is 20.2 Å². The minimum Gasteiger partial charge on any atom is -0.505 e. The number of phenols is 1. The van der Waals surface area contributed by atoms with Crippen LogP contribution in [0.1, 0.15) is 16.7 Å². The molecule has 0 aliphatic carbocycles. The number of azo groups is 3. The molecule has 0 atom stereocenters. The molecule has 0 amide bonds. The fourth-order valence-corrected chi connectivity index (χ4v) is 7.10. The van der Waals surface area contributed by atoms with E-state index < -0.39 is 41.5 Å². The van der Waals surface area contributed by atoms with Gasteiger partial charge in [0.1, 0.15) is 44.1 Å². The summed E-state index contributed by atoms with van der Waals surface area (Å²) in [6.07, 6.45) is 0. The summed E-state index contributed by atoms with van der Waals surface area (Å²) in [5.41, 5.74) is 4.07. The monoisotopic (exact) mass is 839 g/mol. The second kappa shape index (κ2) is 17.0. The Morgan fingerprint density at radius 2 is 1.02 bits per heavy atom. The highest BCUT2D eigenvalue weighted by Crippen LogP contribution is 2.43. The number of ether oxygens (including phenoxy) is 3. The number of hydrogen-bond donors (Lipinski definition) is 4. The van der Waals surface area contributed by atoms with Crippen LogP contribution in [0.25, 0.3) is 10.8 Å². The summed E-state index contributed by atoms with van der Waals surface area (Å²) in [4.78, 5) is -1.11. The summed E-state index contributed by atoms with van der Waals surface area (Å²) in [6.45, 7) is 5.22. The lowest BCUT2D eigenvalue weighted by molar-refractivity contribution is 0.412. The van der Waals surface area contributed by atoms with Gasteiger partial charge in [-0.2, -0.15) is 32.2 Å². The van der Waals surface area contributed by atoms with E-state index in [4.69, 9.17) is 14.2 Å². The third-order valence-corrected chi connectivity index (χ3v) is 10.7. The van der Waals surface area contributed by atoms with Crippen LogP contribution >= 0.6 is 0 Å². The predicted octanol–water partition coefficient (Wildman–Crippen LogP) is 11.0. The Hall–Kier alpha value is -6.80. The lowest BCUT2D eigenvalue weighted by atomic mass is 10.1.